The third-order valence-corrected chi connectivity index (χ3v) is 1.51. The number of anilines is 1. The molecule has 0 aromatic heterocycles. The Morgan fingerprint density at radius 3 is 2.33 bits per heavy atom. The summed E-state index contributed by atoms with van der Waals surface area (Å²) in [6.07, 6.45) is 0. The summed E-state index contributed by atoms with van der Waals surface area (Å²) in [4.78, 5) is 21.6. The molecule has 1 rings (SSSR count). The Bertz CT molecular complexity index is 409. The molecular formula is C8H7F2N3O2. The van der Waals surface area contributed by atoms with Gasteiger partial charge in [0.15, 0.2) is 11.6 Å². The number of carbonyl (C=O) groups is 2. The zero-order chi connectivity index (χ0) is 11.4. The quantitative estimate of drug-likeness (QED) is 0.264. The molecule has 2 amide bonds. The minimum absolute atomic E-state index is 0.0394. The highest BCUT2D eigenvalue weighted by Crippen LogP contribution is 2.12. The first-order chi connectivity index (χ1) is 7.04. The predicted octanol–water partition coefficient (Wildman–Crippen LogP) is -0.107. The summed E-state index contributed by atoms with van der Waals surface area (Å²) in [5.41, 5.74) is 1.55. The molecular weight excluding hydrogens is 208 g/mol. The number of benzene rings is 1. The number of hydrazine groups is 1. The van der Waals surface area contributed by atoms with Gasteiger partial charge >= 0.3 is 11.8 Å². The maximum Gasteiger partial charge on any atom is 0.323 e. The first kappa shape index (κ1) is 11.1. The highest BCUT2D eigenvalue weighted by Gasteiger charge is 2.12. The Balaban J connectivity index is 2.77. The van der Waals surface area contributed by atoms with Crippen LogP contribution in [0.2, 0.25) is 0 Å². The Labute approximate surface area is 83.2 Å². The minimum Gasteiger partial charge on any atom is -0.318 e. The summed E-state index contributed by atoms with van der Waals surface area (Å²) in [5, 5.41) is 2.02. The fourth-order valence-electron chi connectivity index (χ4n) is 0.827. The smallest absolute Gasteiger partial charge is 0.318 e. The van der Waals surface area contributed by atoms with Crippen molar-refractivity contribution in [1.29, 1.82) is 0 Å². The molecule has 0 spiro atoms. The van der Waals surface area contributed by atoms with Gasteiger partial charge in [-0.05, 0) is 12.1 Å². The van der Waals surface area contributed by atoms with Crippen molar-refractivity contribution in [3.63, 3.8) is 0 Å². The SMILES string of the molecule is NNC(=O)C(=O)Nc1ccc(F)c(F)c1. The van der Waals surface area contributed by atoms with Crippen LogP contribution in [0.3, 0.4) is 0 Å². The van der Waals surface area contributed by atoms with Gasteiger partial charge in [-0.15, -0.1) is 0 Å². The molecule has 0 aliphatic heterocycles. The first-order valence-corrected chi connectivity index (χ1v) is 3.81. The fraction of sp³-hybridized carbons (Fsp3) is 0. The lowest BCUT2D eigenvalue weighted by Gasteiger charge is -2.03. The second kappa shape index (κ2) is 4.47. The molecule has 0 aliphatic rings. The normalized spacial score (nSPS) is 9.53. The van der Waals surface area contributed by atoms with Crippen molar-refractivity contribution < 1.29 is 18.4 Å². The van der Waals surface area contributed by atoms with E-state index in [2.05, 4.69) is 5.84 Å². The Kier molecular flexibility index (Phi) is 3.29. The molecule has 0 bridgehead atoms. The van der Waals surface area contributed by atoms with Gasteiger partial charge in [-0.1, -0.05) is 0 Å². The van der Waals surface area contributed by atoms with Gasteiger partial charge in [-0.3, -0.25) is 15.0 Å². The maximum absolute atomic E-state index is 12.7. The van der Waals surface area contributed by atoms with E-state index < -0.39 is 23.4 Å². The van der Waals surface area contributed by atoms with Crippen LogP contribution in [0.15, 0.2) is 18.2 Å². The standard InChI is InChI=1S/C8H7F2N3O2/c9-5-2-1-4(3-6(5)10)12-7(14)8(15)13-11/h1-3H,11H2,(H,12,14)(H,13,15). The Morgan fingerprint density at radius 2 is 1.80 bits per heavy atom. The number of carbonyl (C=O) groups excluding carboxylic acids is 2. The summed E-state index contributed by atoms with van der Waals surface area (Å²) >= 11 is 0. The van der Waals surface area contributed by atoms with Gasteiger partial charge in [-0.2, -0.15) is 0 Å². The molecule has 15 heavy (non-hydrogen) atoms. The van der Waals surface area contributed by atoms with Crippen molar-refractivity contribution in [2.24, 2.45) is 5.84 Å². The molecule has 4 N–H and O–H groups in total. The third-order valence-electron chi connectivity index (χ3n) is 1.51. The van der Waals surface area contributed by atoms with Crippen LogP contribution in [-0.4, -0.2) is 11.8 Å². The van der Waals surface area contributed by atoms with E-state index in [1.165, 1.54) is 0 Å². The van der Waals surface area contributed by atoms with Crippen molar-refractivity contribution in [3.8, 4) is 0 Å². The summed E-state index contributed by atoms with van der Waals surface area (Å²) in [5.74, 6) is 0.367. The molecule has 1 aromatic rings. The van der Waals surface area contributed by atoms with E-state index in [1.807, 2.05) is 5.32 Å². The van der Waals surface area contributed by atoms with Crippen molar-refractivity contribution >= 4 is 17.5 Å². The average Bonchev–Trinajstić information content (AvgIpc) is 2.22. The second-order valence-corrected chi connectivity index (χ2v) is 2.56. The number of hydrogen-bond acceptors (Lipinski definition) is 3. The van der Waals surface area contributed by atoms with Crippen LogP contribution < -0.4 is 16.6 Å². The highest BCUT2D eigenvalue weighted by atomic mass is 19.2. The molecule has 1 aromatic carbocycles. The molecule has 0 radical (unpaired) electrons. The van der Waals surface area contributed by atoms with E-state index in [0.29, 0.717) is 0 Å². The Hall–Kier alpha value is -2.02. The summed E-state index contributed by atoms with van der Waals surface area (Å²) in [7, 11) is 0. The van der Waals surface area contributed by atoms with Crippen LogP contribution in [0.5, 0.6) is 0 Å². The van der Waals surface area contributed by atoms with E-state index in [9.17, 15) is 18.4 Å². The van der Waals surface area contributed by atoms with Gasteiger partial charge in [0.05, 0.1) is 0 Å². The number of hydrogen-bond donors (Lipinski definition) is 3. The van der Waals surface area contributed by atoms with Crippen molar-refractivity contribution in [3.05, 3.63) is 29.8 Å². The first-order valence-electron chi connectivity index (χ1n) is 3.81. The van der Waals surface area contributed by atoms with E-state index >= 15 is 0 Å². The summed E-state index contributed by atoms with van der Waals surface area (Å²) < 4.78 is 25.1. The lowest BCUT2D eigenvalue weighted by atomic mass is 10.3. The van der Waals surface area contributed by atoms with E-state index in [-0.39, 0.29) is 5.69 Å². The number of rotatable bonds is 1. The van der Waals surface area contributed by atoms with Crippen LogP contribution in [0.1, 0.15) is 0 Å². The molecule has 0 saturated carbocycles. The number of amides is 2. The second-order valence-electron chi connectivity index (χ2n) is 2.56. The molecule has 80 valence electrons. The molecule has 7 heteroatoms. The monoisotopic (exact) mass is 215 g/mol. The zero-order valence-electron chi connectivity index (χ0n) is 7.38. The van der Waals surface area contributed by atoms with E-state index in [4.69, 9.17) is 0 Å². The van der Waals surface area contributed by atoms with E-state index in [0.717, 1.165) is 18.2 Å². The van der Waals surface area contributed by atoms with Gasteiger partial charge in [0.25, 0.3) is 0 Å². The van der Waals surface area contributed by atoms with Gasteiger partial charge in [0, 0.05) is 11.8 Å². The lowest BCUT2D eigenvalue weighted by Crippen LogP contribution is -2.39. The van der Waals surface area contributed by atoms with Gasteiger partial charge < -0.3 is 5.32 Å². The molecule has 0 heterocycles. The molecule has 5 nitrogen and oxygen atoms in total. The van der Waals surface area contributed by atoms with Crippen LogP contribution in [-0.2, 0) is 9.59 Å². The maximum atomic E-state index is 12.7. The number of halogens is 2. The molecule has 0 atom stereocenters. The number of nitrogens with two attached hydrogens (primary N) is 1. The third kappa shape index (κ3) is 2.71. The largest absolute Gasteiger partial charge is 0.323 e. The van der Waals surface area contributed by atoms with E-state index in [1.54, 1.807) is 5.43 Å². The molecule has 0 aliphatic carbocycles. The van der Waals surface area contributed by atoms with Crippen LogP contribution >= 0.6 is 0 Å². The summed E-state index contributed by atoms with van der Waals surface area (Å²) in [6, 6.07) is 2.68. The topological polar surface area (TPSA) is 84.2 Å². The average molecular weight is 215 g/mol. The molecule has 0 saturated heterocycles. The fourth-order valence-corrected chi connectivity index (χ4v) is 0.827. The van der Waals surface area contributed by atoms with Crippen molar-refractivity contribution in [2.45, 2.75) is 0 Å². The van der Waals surface area contributed by atoms with Gasteiger partial charge in [-0.25, -0.2) is 14.6 Å². The predicted molar refractivity (Wildman–Crippen MR) is 47.3 cm³/mol. The van der Waals surface area contributed by atoms with Gasteiger partial charge in [0.1, 0.15) is 0 Å². The number of nitrogens with one attached hydrogen (secondary N) is 2. The molecule has 0 fully saturated rings. The Morgan fingerprint density at radius 1 is 1.13 bits per heavy atom. The van der Waals surface area contributed by atoms with Crippen LogP contribution in [0.4, 0.5) is 14.5 Å². The molecule has 0 unspecified atom stereocenters. The van der Waals surface area contributed by atoms with Crippen molar-refractivity contribution in [2.75, 3.05) is 5.32 Å². The highest BCUT2D eigenvalue weighted by molar-refractivity contribution is 6.39. The summed E-state index contributed by atoms with van der Waals surface area (Å²) in [6.45, 7) is 0. The van der Waals surface area contributed by atoms with Gasteiger partial charge in [0.2, 0.25) is 0 Å². The van der Waals surface area contributed by atoms with Crippen LogP contribution in [0.25, 0.3) is 0 Å². The lowest BCUT2D eigenvalue weighted by molar-refractivity contribution is -0.136. The minimum atomic E-state index is -1.12. The zero-order valence-corrected chi connectivity index (χ0v) is 7.38. The van der Waals surface area contributed by atoms with Crippen molar-refractivity contribution in [1.82, 2.24) is 5.43 Å². The van der Waals surface area contributed by atoms with Crippen LogP contribution in [0, 0.1) is 11.6 Å².